The predicted molar refractivity (Wildman–Crippen MR) is 29.3 cm³/mol. The molecule has 0 atom stereocenters. The van der Waals surface area contributed by atoms with E-state index in [1.807, 2.05) is 0 Å². The van der Waals surface area contributed by atoms with E-state index in [0.29, 0.717) is 0 Å². The zero-order valence-corrected chi connectivity index (χ0v) is 4.59. The minimum Gasteiger partial charge on any atom is -0.498 e. The van der Waals surface area contributed by atoms with Gasteiger partial charge in [-0.3, -0.25) is 4.79 Å². The summed E-state index contributed by atoms with van der Waals surface area (Å²) in [7, 11) is 0. The van der Waals surface area contributed by atoms with Crippen LogP contribution in [0.3, 0.4) is 0 Å². The molecule has 0 radical (unpaired) electrons. The molecule has 0 N–H and O–H groups in total. The van der Waals surface area contributed by atoms with Crippen LogP contribution in [0.1, 0.15) is 12.8 Å². The van der Waals surface area contributed by atoms with Crippen molar-refractivity contribution in [1.29, 1.82) is 0 Å². The largest absolute Gasteiger partial charge is 0.498 e. The third-order valence-electron chi connectivity index (χ3n) is 1.11. The van der Waals surface area contributed by atoms with E-state index in [9.17, 15) is 4.79 Å². The summed E-state index contributed by atoms with van der Waals surface area (Å²) in [5, 5.41) is 0. The van der Waals surface area contributed by atoms with Gasteiger partial charge in [-0.05, 0) is 6.42 Å². The first-order valence-corrected chi connectivity index (χ1v) is 2.70. The van der Waals surface area contributed by atoms with Gasteiger partial charge in [0.1, 0.15) is 6.29 Å². The first-order chi connectivity index (χ1) is 3.93. The molecule has 0 amide bonds. The summed E-state index contributed by atoms with van der Waals surface area (Å²) < 4.78 is 5.02. The van der Waals surface area contributed by atoms with E-state index in [1.54, 1.807) is 0 Å². The van der Waals surface area contributed by atoms with Gasteiger partial charge in [0.05, 0.1) is 12.4 Å². The quantitative estimate of drug-likeness (QED) is 0.372. The molecule has 1 fully saturated rings. The molecule has 0 unspecified atom stereocenters. The molecule has 8 heavy (non-hydrogen) atoms. The first-order valence-electron chi connectivity index (χ1n) is 2.70. The molecular formula is C6H8O2. The fourth-order valence-corrected chi connectivity index (χ4v) is 0.729. The number of rotatable bonds is 1. The first kappa shape index (κ1) is 5.35. The Balaban J connectivity index is 2.44. The fraction of sp³-hybridized carbons (Fsp3) is 0.500. The van der Waals surface area contributed by atoms with E-state index in [-0.39, 0.29) is 0 Å². The van der Waals surface area contributed by atoms with Gasteiger partial charge >= 0.3 is 0 Å². The lowest BCUT2D eigenvalue weighted by molar-refractivity contribution is -0.104. The van der Waals surface area contributed by atoms with Gasteiger partial charge in [0.15, 0.2) is 0 Å². The molecular weight excluding hydrogens is 104 g/mol. The van der Waals surface area contributed by atoms with Crippen molar-refractivity contribution in [2.45, 2.75) is 12.8 Å². The second kappa shape index (κ2) is 2.50. The van der Waals surface area contributed by atoms with Crippen molar-refractivity contribution in [1.82, 2.24) is 0 Å². The molecule has 0 bridgehead atoms. The topological polar surface area (TPSA) is 26.3 Å². The average molecular weight is 112 g/mol. The standard InChI is InChI=1S/C6H8O2/c7-4-3-6-2-1-5-8-6/h3-4H,1-2,5H2. The molecule has 1 aliphatic heterocycles. The van der Waals surface area contributed by atoms with Gasteiger partial charge in [0.25, 0.3) is 0 Å². The average Bonchev–Trinajstić information content (AvgIpc) is 2.19. The van der Waals surface area contributed by atoms with Crippen LogP contribution in [0.4, 0.5) is 0 Å². The summed E-state index contributed by atoms with van der Waals surface area (Å²) in [5.74, 6) is 0.833. The van der Waals surface area contributed by atoms with Crippen LogP contribution in [0.2, 0.25) is 0 Å². The van der Waals surface area contributed by atoms with Crippen molar-refractivity contribution >= 4 is 6.29 Å². The zero-order chi connectivity index (χ0) is 5.82. The lowest BCUT2D eigenvalue weighted by Gasteiger charge is -1.90. The van der Waals surface area contributed by atoms with Gasteiger partial charge in [0.2, 0.25) is 0 Å². The van der Waals surface area contributed by atoms with Crippen molar-refractivity contribution in [3.05, 3.63) is 11.8 Å². The minimum atomic E-state index is 0.765. The lowest BCUT2D eigenvalue weighted by Crippen LogP contribution is -1.77. The monoisotopic (exact) mass is 112 g/mol. The molecule has 2 heteroatoms. The Bertz CT molecular complexity index is 108. The van der Waals surface area contributed by atoms with Gasteiger partial charge in [-0.25, -0.2) is 0 Å². The molecule has 0 aliphatic carbocycles. The number of carbonyl (C=O) groups is 1. The molecule has 1 saturated heterocycles. The van der Waals surface area contributed by atoms with E-state index >= 15 is 0 Å². The van der Waals surface area contributed by atoms with Crippen LogP contribution in [-0.2, 0) is 9.53 Å². The Morgan fingerprint density at radius 1 is 1.62 bits per heavy atom. The van der Waals surface area contributed by atoms with E-state index in [2.05, 4.69) is 0 Å². The molecule has 0 spiro atoms. The summed E-state index contributed by atoms with van der Waals surface area (Å²) in [6.07, 6.45) is 4.23. The summed E-state index contributed by atoms with van der Waals surface area (Å²) in [6, 6.07) is 0. The number of carbonyl (C=O) groups excluding carboxylic acids is 1. The van der Waals surface area contributed by atoms with Crippen molar-refractivity contribution in [3.63, 3.8) is 0 Å². The maximum absolute atomic E-state index is 9.80. The normalized spacial score (nSPS) is 23.2. The Morgan fingerprint density at radius 3 is 3.00 bits per heavy atom. The van der Waals surface area contributed by atoms with Crippen LogP contribution in [0, 0.1) is 0 Å². The van der Waals surface area contributed by atoms with Gasteiger partial charge in [-0.15, -0.1) is 0 Å². The maximum atomic E-state index is 9.80. The van der Waals surface area contributed by atoms with Crippen molar-refractivity contribution in [2.75, 3.05) is 6.61 Å². The van der Waals surface area contributed by atoms with Gasteiger partial charge in [-0.1, -0.05) is 0 Å². The van der Waals surface area contributed by atoms with Crippen LogP contribution in [0.15, 0.2) is 11.8 Å². The highest BCUT2D eigenvalue weighted by atomic mass is 16.5. The zero-order valence-electron chi connectivity index (χ0n) is 4.59. The van der Waals surface area contributed by atoms with Crippen LogP contribution in [0.5, 0.6) is 0 Å². The third kappa shape index (κ3) is 1.09. The van der Waals surface area contributed by atoms with Gasteiger partial charge in [-0.2, -0.15) is 0 Å². The molecule has 1 rings (SSSR count). The predicted octanol–water partition coefficient (Wildman–Crippen LogP) is 0.880. The van der Waals surface area contributed by atoms with Crippen LogP contribution in [-0.4, -0.2) is 12.9 Å². The maximum Gasteiger partial charge on any atom is 0.146 e. The van der Waals surface area contributed by atoms with E-state index in [1.165, 1.54) is 6.08 Å². The molecule has 1 heterocycles. The summed E-state index contributed by atoms with van der Waals surface area (Å²) in [5.41, 5.74) is 0. The second-order valence-electron chi connectivity index (χ2n) is 1.72. The minimum absolute atomic E-state index is 0.765. The lowest BCUT2D eigenvalue weighted by atomic mass is 10.3. The number of allylic oxidation sites excluding steroid dienone is 2. The van der Waals surface area contributed by atoms with E-state index in [4.69, 9.17) is 4.74 Å². The summed E-state index contributed by atoms with van der Waals surface area (Å²) in [4.78, 5) is 9.80. The second-order valence-corrected chi connectivity index (χ2v) is 1.72. The van der Waals surface area contributed by atoms with E-state index in [0.717, 1.165) is 31.5 Å². The smallest absolute Gasteiger partial charge is 0.146 e. The molecule has 0 aromatic carbocycles. The van der Waals surface area contributed by atoms with Crippen LogP contribution in [0.25, 0.3) is 0 Å². The molecule has 44 valence electrons. The number of ether oxygens (including phenoxy) is 1. The van der Waals surface area contributed by atoms with Crippen LogP contribution < -0.4 is 0 Å². The van der Waals surface area contributed by atoms with Crippen molar-refractivity contribution < 1.29 is 9.53 Å². The highest BCUT2D eigenvalue weighted by molar-refractivity contribution is 5.65. The molecule has 0 saturated carbocycles. The van der Waals surface area contributed by atoms with Crippen molar-refractivity contribution in [2.24, 2.45) is 0 Å². The Kier molecular flexibility index (Phi) is 1.67. The van der Waals surface area contributed by atoms with Gasteiger partial charge in [0, 0.05) is 12.5 Å². The Hall–Kier alpha value is -0.790. The van der Waals surface area contributed by atoms with E-state index < -0.39 is 0 Å². The molecule has 0 aromatic heterocycles. The molecule has 2 nitrogen and oxygen atoms in total. The number of hydrogen-bond acceptors (Lipinski definition) is 2. The molecule has 0 aromatic rings. The molecule has 1 aliphatic rings. The number of aldehydes is 1. The fourth-order valence-electron chi connectivity index (χ4n) is 0.729. The summed E-state index contributed by atoms with van der Waals surface area (Å²) >= 11 is 0. The van der Waals surface area contributed by atoms with Crippen molar-refractivity contribution in [3.8, 4) is 0 Å². The number of hydrogen-bond donors (Lipinski definition) is 0. The van der Waals surface area contributed by atoms with Crippen LogP contribution >= 0.6 is 0 Å². The Morgan fingerprint density at radius 2 is 2.50 bits per heavy atom. The highest BCUT2D eigenvalue weighted by Crippen LogP contribution is 2.14. The summed E-state index contributed by atoms with van der Waals surface area (Å²) in [6.45, 7) is 0.777. The third-order valence-corrected chi connectivity index (χ3v) is 1.11. The SMILES string of the molecule is O=CC=C1CCCO1. The highest BCUT2D eigenvalue weighted by Gasteiger charge is 2.04. The Labute approximate surface area is 48.1 Å². The van der Waals surface area contributed by atoms with Gasteiger partial charge < -0.3 is 4.74 Å².